The summed E-state index contributed by atoms with van der Waals surface area (Å²) in [5.74, 6) is 0.161. The van der Waals surface area contributed by atoms with Crippen LogP contribution in [-0.2, 0) is 9.53 Å². The Balaban J connectivity index is 4.32. The van der Waals surface area contributed by atoms with Crippen molar-refractivity contribution < 1.29 is 9.53 Å². The number of carbonyl (C=O) groups excluding carboxylic acids is 1. The Morgan fingerprint density at radius 1 is 0.938 bits per heavy atom. The third kappa shape index (κ3) is 5.64. The zero-order valence-corrected chi connectivity index (χ0v) is 12.2. The molecule has 0 aromatic carbocycles. The number of rotatable bonds is 4. The summed E-state index contributed by atoms with van der Waals surface area (Å²) in [5.41, 5.74) is -0.768. The zero-order valence-electron chi connectivity index (χ0n) is 12.2. The highest BCUT2D eigenvalue weighted by Gasteiger charge is 2.36. The molecule has 0 aromatic heterocycles. The molecule has 0 amide bonds. The van der Waals surface area contributed by atoms with Crippen molar-refractivity contribution in [3.8, 4) is 0 Å². The minimum Gasteiger partial charge on any atom is -0.368 e. The average Bonchev–Trinajstić information content (AvgIpc) is 1.98. The van der Waals surface area contributed by atoms with Crippen LogP contribution in [0.3, 0.4) is 0 Å². The standard InChI is InChI=1S/C14H28O2/c1-12(2,3)9-10-16-14(7,8)11(15)13(4,5)6/h9-10H2,1-8H3. The van der Waals surface area contributed by atoms with Crippen LogP contribution in [0.25, 0.3) is 0 Å². The molecule has 0 fully saturated rings. The van der Waals surface area contributed by atoms with Crippen LogP contribution in [0.5, 0.6) is 0 Å². The number of ketones is 1. The van der Waals surface area contributed by atoms with Crippen molar-refractivity contribution in [3.05, 3.63) is 0 Å². The van der Waals surface area contributed by atoms with Crippen molar-refractivity contribution in [2.24, 2.45) is 10.8 Å². The fourth-order valence-corrected chi connectivity index (χ4v) is 1.58. The Kier molecular flexibility index (Phi) is 4.75. The molecule has 0 spiro atoms. The second kappa shape index (κ2) is 4.87. The summed E-state index contributed by atoms with van der Waals surface area (Å²) in [6.07, 6.45) is 0.966. The van der Waals surface area contributed by atoms with Crippen LogP contribution < -0.4 is 0 Å². The number of Topliss-reactive ketones (excluding diaryl/α,β-unsaturated/α-hetero) is 1. The minimum absolute atomic E-state index is 0.161. The van der Waals surface area contributed by atoms with Gasteiger partial charge < -0.3 is 4.74 Å². The topological polar surface area (TPSA) is 26.3 Å². The molecule has 0 saturated carbocycles. The van der Waals surface area contributed by atoms with Gasteiger partial charge in [0.05, 0.1) is 0 Å². The molecule has 16 heavy (non-hydrogen) atoms. The van der Waals surface area contributed by atoms with Gasteiger partial charge in [0.15, 0.2) is 5.78 Å². The van der Waals surface area contributed by atoms with Crippen molar-refractivity contribution in [3.63, 3.8) is 0 Å². The molecule has 0 aromatic rings. The van der Waals surface area contributed by atoms with Crippen LogP contribution in [0.4, 0.5) is 0 Å². The van der Waals surface area contributed by atoms with E-state index in [0.717, 1.165) is 6.42 Å². The SMILES string of the molecule is CC(C)(C)CCOC(C)(C)C(=O)C(C)(C)C. The Morgan fingerprint density at radius 3 is 1.69 bits per heavy atom. The van der Waals surface area contributed by atoms with Crippen molar-refractivity contribution >= 4 is 5.78 Å². The number of hydrogen-bond acceptors (Lipinski definition) is 2. The van der Waals surface area contributed by atoms with E-state index in [2.05, 4.69) is 20.8 Å². The highest BCUT2D eigenvalue weighted by Crippen LogP contribution is 2.27. The van der Waals surface area contributed by atoms with Crippen molar-refractivity contribution in [1.82, 2.24) is 0 Å². The van der Waals surface area contributed by atoms with Crippen molar-refractivity contribution in [1.29, 1.82) is 0 Å². The van der Waals surface area contributed by atoms with E-state index in [1.807, 2.05) is 34.6 Å². The lowest BCUT2D eigenvalue weighted by Gasteiger charge is -2.31. The van der Waals surface area contributed by atoms with Gasteiger partial charge in [-0.25, -0.2) is 0 Å². The van der Waals surface area contributed by atoms with Crippen molar-refractivity contribution in [2.75, 3.05) is 6.61 Å². The van der Waals surface area contributed by atoms with E-state index in [0.29, 0.717) is 6.61 Å². The monoisotopic (exact) mass is 228 g/mol. The summed E-state index contributed by atoms with van der Waals surface area (Å²) in [5, 5.41) is 0. The number of carbonyl (C=O) groups is 1. The third-order valence-corrected chi connectivity index (χ3v) is 2.54. The molecule has 0 radical (unpaired) electrons. The molecule has 2 heteroatoms. The summed E-state index contributed by atoms with van der Waals surface area (Å²) in [7, 11) is 0. The van der Waals surface area contributed by atoms with Gasteiger partial charge >= 0.3 is 0 Å². The van der Waals surface area contributed by atoms with E-state index >= 15 is 0 Å². The van der Waals surface area contributed by atoms with E-state index in [9.17, 15) is 4.79 Å². The van der Waals surface area contributed by atoms with E-state index in [1.165, 1.54) is 0 Å². The molecular formula is C14H28O2. The first-order valence-corrected chi connectivity index (χ1v) is 6.05. The normalized spacial score (nSPS) is 14.0. The minimum atomic E-state index is -0.677. The van der Waals surface area contributed by atoms with Gasteiger partial charge in [-0.15, -0.1) is 0 Å². The van der Waals surface area contributed by atoms with E-state index in [1.54, 1.807) is 0 Å². The molecule has 0 rings (SSSR count). The number of ether oxygens (including phenoxy) is 1. The second-order valence-electron chi connectivity index (χ2n) is 7.25. The first kappa shape index (κ1) is 15.6. The molecule has 0 saturated heterocycles. The van der Waals surface area contributed by atoms with E-state index in [-0.39, 0.29) is 16.6 Å². The van der Waals surface area contributed by atoms with Gasteiger partial charge in [-0.1, -0.05) is 41.5 Å². The Labute approximate surface area is 101 Å². The fourth-order valence-electron chi connectivity index (χ4n) is 1.58. The molecule has 0 unspecified atom stereocenters. The quantitative estimate of drug-likeness (QED) is 0.731. The van der Waals surface area contributed by atoms with Gasteiger partial charge in [0.25, 0.3) is 0 Å². The summed E-state index contributed by atoms with van der Waals surface area (Å²) in [4.78, 5) is 12.1. The van der Waals surface area contributed by atoms with Crippen LogP contribution in [0.1, 0.15) is 61.8 Å². The molecule has 2 nitrogen and oxygen atoms in total. The Morgan fingerprint density at radius 2 is 1.38 bits per heavy atom. The highest BCUT2D eigenvalue weighted by atomic mass is 16.5. The summed E-state index contributed by atoms with van der Waals surface area (Å²) in [6.45, 7) is 16.7. The summed E-state index contributed by atoms with van der Waals surface area (Å²) < 4.78 is 5.74. The molecule has 0 bridgehead atoms. The molecule has 0 N–H and O–H groups in total. The summed E-state index contributed by atoms with van der Waals surface area (Å²) >= 11 is 0. The maximum atomic E-state index is 12.1. The second-order valence-corrected chi connectivity index (χ2v) is 7.25. The molecular weight excluding hydrogens is 200 g/mol. The first-order chi connectivity index (χ1) is 6.86. The summed E-state index contributed by atoms with van der Waals surface area (Å²) in [6, 6.07) is 0. The van der Waals surface area contributed by atoms with Crippen LogP contribution in [0.15, 0.2) is 0 Å². The molecule has 0 aliphatic rings. The van der Waals surface area contributed by atoms with Crippen LogP contribution in [0.2, 0.25) is 0 Å². The van der Waals surface area contributed by atoms with Crippen LogP contribution >= 0.6 is 0 Å². The van der Waals surface area contributed by atoms with Gasteiger partial charge in [-0.3, -0.25) is 4.79 Å². The van der Waals surface area contributed by atoms with E-state index < -0.39 is 5.60 Å². The predicted molar refractivity (Wildman–Crippen MR) is 68.6 cm³/mol. The molecule has 0 aliphatic carbocycles. The van der Waals surface area contributed by atoms with Crippen molar-refractivity contribution in [2.45, 2.75) is 67.4 Å². The number of hydrogen-bond donors (Lipinski definition) is 0. The van der Waals surface area contributed by atoms with Gasteiger partial charge in [0.2, 0.25) is 0 Å². The Bertz CT molecular complexity index is 238. The fraction of sp³-hybridized carbons (Fsp3) is 0.929. The lowest BCUT2D eigenvalue weighted by Crippen LogP contribution is -2.43. The largest absolute Gasteiger partial charge is 0.368 e. The average molecular weight is 228 g/mol. The molecule has 96 valence electrons. The maximum Gasteiger partial charge on any atom is 0.169 e. The van der Waals surface area contributed by atoms with Gasteiger partial charge in [-0.05, 0) is 25.7 Å². The maximum absolute atomic E-state index is 12.1. The first-order valence-electron chi connectivity index (χ1n) is 6.05. The molecule has 0 heterocycles. The van der Waals surface area contributed by atoms with Gasteiger partial charge in [0.1, 0.15) is 5.60 Å². The predicted octanol–water partition coefficient (Wildman–Crippen LogP) is 3.83. The van der Waals surface area contributed by atoms with E-state index in [4.69, 9.17) is 4.74 Å². The molecule has 0 atom stereocenters. The molecule has 0 aliphatic heterocycles. The smallest absolute Gasteiger partial charge is 0.169 e. The van der Waals surface area contributed by atoms with Gasteiger partial charge in [-0.2, -0.15) is 0 Å². The lowest BCUT2D eigenvalue weighted by molar-refractivity contribution is -0.149. The zero-order chi connectivity index (χ0) is 13.2. The van der Waals surface area contributed by atoms with Gasteiger partial charge in [0, 0.05) is 12.0 Å². The van der Waals surface area contributed by atoms with Crippen LogP contribution in [-0.4, -0.2) is 18.0 Å². The third-order valence-electron chi connectivity index (χ3n) is 2.54. The highest BCUT2D eigenvalue weighted by molar-refractivity contribution is 5.90. The van der Waals surface area contributed by atoms with Crippen LogP contribution in [0, 0.1) is 10.8 Å². The lowest BCUT2D eigenvalue weighted by atomic mass is 9.82. The Hall–Kier alpha value is -0.370.